The van der Waals surface area contributed by atoms with Crippen molar-refractivity contribution in [2.75, 3.05) is 18.4 Å². The minimum absolute atomic E-state index is 0. The fourth-order valence-corrected chi connectivity index (χ4v) is 3.06. The van der Waals surface area contributed by atoms with E-state index in [4.69, 9.17) is 0 Å². The third-order valence-electron chi connectivity index (χ3n) is 4.71. The van der Waals surface area contributed by atoms with Crippen LogP contribution in [-0.4, -0.2) is 19.0 Å². The Kier molecular flexibility index (Phi) is 6.41. The number of benzene rings is 2. The van der Waals surface area contributed by atoms with E-state index in [9.17, 15) is 4.79 Å². The van der Waals surface area contributed by atoms with E-state index in [1.165, 1.54) is 24.0 Å². The Balaban J connectivity index is 0.00000208. The van der Waals surface area contributed by atoms with E-state index >= 15 is 0 Å². The molecule has 0 bridgehead atoms. The molecule has 1 aliphatic heterocycles. The van der Waals surface area contributed by atoms with Crippen molar-refractivity contribution in [2.24, 2.45) is 0 Å². The summed E-state index contributed by atoms with van der Waals surface area (Å²) in [6.45, 7) is 6.25. The fraction of sp³-hybridized carbons (Fsp3) is 0.350. The Labute approximate surface area is 150 Å². The van der Waals surface area contributed by atoms with E-state index in [-0.39, 0.29) is 18.3 Å². The summed E-state index contributed by atoms with van der Waals surface area (Å²) in [5.74, 6) is 0.536. The first-order chi connectivity index (χ1) is 11.1. The minimum atomic E-state index is -0.0554. The summed E-state index contributed by atoms with van der Waals surface area (Å²) in [5, 5.41) is 6.42. The molecule has 3 rings (SSSR count). The van der Waals surface area contributed by atoms with Gasteiger partial charge in [-0.3, -0.25) is 4.79 Å². The molecule has 3 nitrogen and oxygen atoms in total. The van der Waals surface area contributed by atoms with Gasteiger partial charge in [-0.25, -0.2) is 0 Å². The average Bonchev–Trinajstić information content (AvgIpc) is 2.59. The van der Waals surface area contributed by atoms with Gasteiger partial charge < -0.3 is 10.6 Å². The van der Waals surface area contributed by atoms with Gasteiger partial charge in [0.2, 0.25) is 0 Å². The van der Waals surface area contributed by atoms with Crippen LogP contribution >= 0.6 is 12.4 Å². The quantitative estimate of drug-likeness (QED) is 0.864. The number of halogens is 1. The van der Waals surface area contributed by atoms with E-state index in [0.717, 1.165) is 24.3 Å². The van der Waals surface area contributed by atoms with Crippen LogP contribution in [0, 0.1) is 13.8 Å². The first-order valence-electron chi connectivity index (χ1n) is 8.33. The van der Waals surface area contributed by atoms with E-state index in [1.54, 1.807) is 0 Å². The molecule has 1 unspecified atom stereocenters. The molecular weight excluding hydrogens is 320 g/mol. The van der Waals surface area contributed by atoms with Crippen molar-refractivity contribution in [3.8, 4) is 0 Å². The molecule has 1 amide bonds. The van der Waals surface area contributed by atoms with Crippen LogP contribution in [0.3, 0.4) is 0 Å². The van der Waals surface area contributed by atoms with Gasteiger partial charge in [-0.2, -0.15) is 0 Å². The lowest BCUT2D eigenvalue weighted by atomic mass is 9.91. The smallest absolute Gasteiger partial charge is 0.255 e. The molecule has 2 aromatic rings. The molecule has 128 valence electrons. The molecule has 24 heavy (non-hydrogen) atoms. The van der Waals surface area contributed by atoms with Crippen LogP contribution in [0.2, 0.25) is 0 Å². The van der Waals surface area contributed by atoms with Gasteiger partial charge >= 0.3 is 0 Å². The molecular formula is C20H25ClN2O. The van der Waals surface area contributed by atoms with Gasteiger partial charge in [0, 0.05) is 17.8 Å². The lowest BCUT2D eigenvalue weighted by Gasteiger charge is -2.23. The predicted octanol–water partition coefficient (Wildman–Crippen LogP) is 4.44. The van der Waals surface area contributed by atoms with E-state index in [1.807, 2.05) is 37.3 Å². The predicted molar refractivity (Wildman–Crippen MR) is 102 cm³/mol. The normalized spacial score (nSPS) is 17.0. The summed E-state index contributed by atoms with van der Waals surface area (Å²) in [5.41, 5.74) is 5.24. The lowest BCUT2D eigenvalue weighted by Crippen LogP contribution is -2.28. The molecule has 0 radical (unpaired) electrons. The highest BCUT2D eigenvalue weighted by atomic mass is 35.5. The molecule has 4 heteroatoms. The maximum atomic E-state index is 12.3. The third-order valence-corrected chi connectivity index (χ3v) is 4.71. The van der Waals surface area contributed by atoms with Crippen LogP contribution < -0.4 is 10.6 Å². The summed E-state index contributed by atoms with van der Waals surface area (Å²) >= 11 is 0. The Hall–Kier alpha value is -1.84. The highest BCUT2D eigenvalue weighted by Gasteiger charge is 2.15. The number of aryl methyl sites for hydroxylation is 2. The minimum Gasteiger partial charge on any atom is -0.322 e. The van der Waals surface area contributed by atoms with Crippen LogP contribution in [-0.2, 0) is 0 Å². The zero-order chi connectivity index (χ0) is 16.2. The molecule has 1 aliphatic rings. The van der Waals surface area contributed by atoms with Gasteiger partial charge in [0.15, 0.2) is 0 Å². The molecule has 0 aromatic heterocycles. The highest BCUT2D eigenvalue weighted by molar-refractivity contribution is 6.04. The van der Waals surface area contributed by atoms with Crippen LogP contribution in [0.15, 0.2) is 42.5 Å². The Morgan fingerprint density at radius 2 is 1.83 bits per heavy atom. The van der Waals surface area contributed by atoms with Gasteiger partial charge in [0.05, 0.1) is 0 Å². The largest absolute Gasteiger partial charge is 0.322 e. The van der Waals surface area contributed by atoms with Gasteiger partial charge in [-0.05, 0) is 80.1 Å². The van der Waals surface area contributed by atoms with Crippen molar-refractivity contribution in [3.05, 3.63) is 64.7 Å². The number of anilines is 1. The number of hydrogen-bond acceptors (Lipinski definition) is 2. The van der Waals surface area contributed by atoms with Crippen molar-refractivity contribution < 1.29 is 4.79 Å². The van der Waals surface area contributed by atoms with Gasteiger partial charge in [-0.15, -0.1) is 12.4 Å². The number of carbonyl (C=O) groups excluding carboxylic acids is 1. The number of amides is 1. The zero-order valence-electron chi connectivity index (χ0n) is 14.3. The zero-order valence-corrected chi connectivity index (χ0v) is 15.1. The van der Waals surface area contributed by atoms with Crippen molar-refractivity contribution >= 4 is 24.0 Å². The van der Waals surface area contributed by atoms with E-state index < -0.39 is 0 Å². The summed E-state index contributed by atoms with van der Waals surface area (Å²) in [6, 6.07) is 14.1. The Bertz CT molecular complexity index is 691. The van der Waals surface area contributed by atoms with Crippen LogP contribution in [0.5, 0.6) is 0 Å². The number of carbonyl (C=O) groups is 1. The van der Waals surface area contributed by atoms with Crippen LogP contribution in [0.1, 0.15) is 45.8 Å². The van der Waals surface area contributed by atoms with E-state index in [2.05, 4.69) is 29.7 Å². The molecule has 2 N–H and O–H groups in total. The van der Waals surface area contributed by atoms with Gasteiger partial charge in [0.1, 0.15) is 0 Å². The maximum absolute atomic E-state index is 12.3. The van der Waals surface area contributed by atoms with Crippen molar-refractivity contribution in [2.45, 2.75) is 32.6 Å². The molecule has 0 spiro atoms. The molecule has 1 saturated heterocycles. The standard InChI is InChI=1S/C20H24N2O.ClH/c1-14-5-6-17(12-15(14)2)20(23)22-19-9-7-16(8-10-19)18-4-3-11-21-13-18;/h5-10,12,18,21H,3-4,11,13H2,1-2H3,(H,22,23);1H. The van der Waals surface area contributed by atoms with Crippen molar-refractivity contribution in [1.82, 2.24) is 5.32 Å². The Morgan fingerprint density at radius 1 is 1.08 bits per heavy atom. The summed E-state index contributed by atoms with van der Waals surface area (Å²) in [4.78, 5) is 12.3. The first-order valence-corrected chi connectivity index (χ1v) is 8.33. The number of rotatable bonds is 3. The number of hydrogen-bond donors (Lipinski definition) is 2. The summed E-state index contributed by atoms with van der Waals surface area (Å²) in [6.07, 6.45) is 2.47. The van der Waals surface area contributed by atoms with Crippen LogP contribution in [0.4, 0.5) is 5.69 Å². The number of piperidine rings is 1. The molecule has 0 saturated carbocycles. The third kappa shape index (κ3) is 4.37. The molecule has 2 aromatic carbocycles. The number of nitrogens with one attached hydrogen (secondary N) is 2. The lowest BCUT2D eigenvalue weighted by molar-refractivity contribution is 0.102. The second kappa shape index (κ2) is 8.32. The molecule has 1 atom stereocenters. The molecule has 1 fully saturated rings. The van der Waals surface area contributed by atoms with Crippen molar-refractivity contribution in [1.29, 1.82) is 0 Å². The van der Waals surface area contributed by atoms with Gasteiger partial charge in [0.25, 0.3) is 5.91 Å². The summed E-state index contributed by atoms with van der Waals surface area (Å²) < 4.78 is 0. The fourth-order valence-electron chi connectivity index (χ4n) is 3.06. The first kappa shape index (κ1) is 18.5. The maximum Gasteiger partial charge on any atom is 0.255 e. The monoisotopic (exact) mass is 344 g/mol. The topological polar surface area (TPSA) is 41.1 Å². The molecule has 1 heterocycles. The van der Waals surface area contributed by atoms with Crippen molar-refractivity contribution in [3.63, 3.8) is 0 Å². The SMILES string of the molecule is Cc1ccc(C(=O)Nc2ccc(C3CCCNC3)cc2)cc1C.Cl. The highest BCUT2D eigenvalue weighted by Crippen LogP contribution is 2.24. The van der Waals surface area contributed by atoms with Gasteiger partial charge in [-0.1, -0.05) is 18.2 Å². The second-order valence-corrected chi connectivity index (χ2v) is 6.42. The van der Waals surface area contributed by atoms with E-state index in [0.29, 0.717) is 11.5 Å². The summed E-state index contributed by atoms with van der Waals surface area (Å²) in [7, 11) is 0. The second-order valence-electron chi connectivity index (χ2n) is 6.42. The average molecular weight is 345 g/mol. The Morgan fingerprint density at radius 3 is 2.46 bits per heavy atom. The molecule has 0 aliphatic carbocycles. The van der Waals surface area contributed by atoms with Crippen LogP contribution in [0.25, 0.3) is 0 Å².